The Labute approximate surface area is 148 Å². The predicted octanol–water partition coefficient (Wildman–Crippen LogP) is 4.94. The maximum absolute atomic E-state index is 5.30. The lowest BCUT2D eigenvalue weighted by Gasteiger charge is -2.10. The number of benzene rings is 2. The van der Waals surface area contributed by atoms with Crippen LogP contribution in [-0.2, 0) is 0 Å². The summed E-state index contributed by atoms with van der Waals surface area (Å²) in [6.07, 6.45) is 8.95. The molecule has 122 valence electrons. The van der Waals surface area contributed by atoms with Crippen LogP contribution < -0.4 is 5.32 Å². The quantitative estimate of drug-likeness (QED) is 0.675. The van der Waals surface area contributed by atoms with Gasteiger partial charge >= 0.3 is 0 Å². The number of fused-ring (bicyclic) bond motifs is 1. The smallest absolute Gasteiger partial charge is 0.0922 e. The second-order valence-electron chi connectivity index (χ2n) is 5.67. The van der Waals surface area contributed by atoms with Crippen LogP contribution in [0.25, 0.3) is 34.4 Å². The Morgan fingerprint density at radius 1 is 1.04 bits per heavy atom. The third-order valence-corrected chi connectivity index (χ3v) is 4.03. The van der Waals surface area contributed by atoms with Crippen molar-refractivity contribution in [2.75, 3.05) is 11.9 Å². The van der Waals surface area contributed by atoms with Crippen LogP contribution in [0.3, 0.4) is 0 Å². The molecule has 0 aliphatic heterocycles. The molecular weight excluding hydrogens is 306 g/mol. The highest BCUT2D eigenvalue weighted by Crippen LogP contribution is 2.27. The molecule has 25 heavy (non-hydrogen) atoms. The molecule has 1 heterocycles. The number of nitrogens with one attached hydrogen (secondary N) is 1. The molecule has 3 aromatic rings. The van der Waals surface area contributed by atoms with E-state index in [9.17, 15) is 0 Å². The minimum atomic E-state index is 0.476. The first kappa shape index (κ1) is 16.5. The maximum atomic E-state index is 5.30. The number of aryl methyl sites for hydroxylation is 1. The van der Waals surface area contributed by atoms with Gasteiger partial charge in [-0.15, -0.1) is 6.42 Å². The van der Waals surface area contributed by atoms with Gasteiger partial charge in [-0.25, -0.2) is 9.97 Å². The van der Waals surface area contributed by atoms with Crippen molar-refractivity contribution in [2.45, 2.75) is 6.92 Å². The average molecular weight is 325 g/mol. The number of hydrogen-bond acceptors (Lipinski definition) is 3. The van der Waals surface area contributed by atoms with Crippen molar-refractivity contribution >= 4 is 28.9 Å². The van der Waals surface area contributed by atoms with E-state index < -0.39 is 0 Å². The van der Waals surface area contributed by atoms with E-state index in [1.165, 1.54) is 0 Å². The molecule has 0 saturated heterocycles. The lowest BCUT2D eigenvalue weighted by atomic mass is 10.0. The Morgan fingerprint density at radius 2 is 1.84 bits per heavy atom. The standard InChI is InChI=1S/C22H19N3/c1-5-12-23-19-10-11-20-21(14-19)25-22(15(4)24-20)18-9-8-16(6-2)17(7-3)13-18/h1,6-11,13-14,23H,2-3,12H2,4H3. The summed E-state index contributed by atoms with van der Waals surface area (Å²) in [6, 6.07) is 12.0. The molecule has 0 unspecified atom stereocenters. The maximum Gasteiger partial charge on any atom is 0.0922 e. The zero-order valence-electron chi connectivity index (χ0n) is 14.2. The first-order chi connectivity index (χ1) is 12.2. The van der Waals surface area contributed by atoms with Gasteiger partial charge in [0.1, 0.15) is 0 Å². The zero-order chi connectivity index (χ0) is 17.8. The third kappa shape index (κ3) is 3.29. The number of aromatic nitrogens is 2. The highest BCUT2D eigenvalue weighted by molar-refractivity contribution is 5.82. The second kappa shape index (κ2) is 7.02. The van der Waals surface area contributed by atoms with Gasteiger partial charge in [0.15, 0.2) is 0 Å². The van der Waals surface area contributed by atoms with Gasteiger partial charge in [-0.05, 0) is 42.3 Å². The fraction of sp³-hybridized carbons (Fsp3) is 0.0909. The molecule has 0 spiro atoms. The molecule has 3 heteroatoms. The van der Waals surface area contributed by atoms with Gasteiger partial charge in [0.2, 0.25) is 0 Å². The van der Waals surface area contributed by atoms with E-state index in [0.29, 0.717) is 6.54 Å². The highest BCUT2D eigenvalue weighted by atomic mass is 14.9. The summed E-state index contributed by atoms with van der Waals surface area (Å²) >= 11 is 0. The third-order valence-electron chi connectivity index (χ3n) is 4.03. The average Bonchev–Trinajstić information content (AvgIpc) is 2.65. The van der Waals surface area contributed by atoms with Crippen molar-refractivity contribution in [3.63, 3.8) is 0 Å². The van der Waals surface area contributed by atoms with Crippen LogP contribution in [0.1, 0.15) is 16.8 Å². The van der Waals surface area contributed by atoms with Gasteiger partial charge in [0.25, 0.3) is 0 Å². The lowest BCUT2D eigenvalue weighted by Crippen LogP contribution is -2.00. The molecule has 0 saturated carbocycles. The molecule has 0 aliphatic rings. The molecular formula is C22H19N3. The molecule has 1 N–H and O–H groups in total. The van der Waals surface area contributed by atoms with E-state index >= 15 is 0 Å². The van der Waals surface area contributed by atoms with Gasteiger partial charge in [0.05, 0.1) is 29.0 Å². The van der Waals surface area contributed by atoms with Crippen LogP contribution in [0, 0.1) is 19.3 Å². The highest BCUT2D eigenvalue weighted by Gasteiger charge is 2.10. The van der Waals surface area contributed by atoms with Gasteiger partial charge in [-0.1, -0.05) is 43.4 Å². The van der Waals surface area contributed by atoms with Gasteiger partial charge in [-0.2, -0.15) is 0 Å². The van der Waals surface area contributed by atoms with E-state index in [4.69, 9.17) is 16.4 Å². The van der Waals surface area contributed by atoms with Crippen LogP contribution in [0.15, 0.2) is 49.6 Å². The zero-order valence-corrected chi connectivity index (χ0v) is 14.2. The van der Waals surface area contributed by atoms with Crippen LogP contribution in [0.4, 0.5) is 5.69 Å². The van der Waals surface area contributed by atoms with Crippen molar-refractivity contribution < 1.29 is 0 Å². The molecule has 0 bridgehead atoms. The van der Waals surface area contributed by atoms with Gasteiger partial charge in [0, 0.05) is 11.3 Å². The van der Waals surface area contributed by atoms with Crippen LogP contribution in [0.5, 0.6) is 0 Å². The molecule has 0 atom stereocenters. The second-order valence-corrected chi connectivity index (χ2v) is 5.67. The molecule has 2 aromatic carbocycles. The molecule has 1 aromatic heterocycles. The van der Waals surface area contributed by atoms with Crippen LogP contribution >= 0.6 is 0 Å². The van der Waals surface area contributed by atoms with E-state index in [1.807, 2.05) is 49.4 Å². The first-order valence-corrected chi connectivity index (χ1v) is 8.01. The molecule has 0 aliphatic carbocycles. The van der Waals surface area contributed by atoms with E-state index in [1.54, 1.807) is 0 Å². The van der Waals surface area contributed by atoms with Gasteiger partial charge < -0.3 is 5.32 Å². The number of rotatable bonds is 5. The molecule has 3 rings (SSSR count). The van der Waals surface area contributed by atoms with Gasteiger partial charge in [-0.3, -0.25) is 0 Å². The van der Waals surface area contributed by atoms with E-state index in [0.717, 1.165) is 44.8 Å². The van der Waals surface area contributed by atoms with Crippen molar-refractivity contribution in [2.24, 2.45) is 0 Å². The number of hydrogen-bond donors (Lipinski definition) is 1. The molecule has 0 radical (unpaired) electrons. The first-order valence-electron chi connectivity index (χ1n) is 8.01. The summed E-state index contributed by atoms with van der Waals surface area (Å²) in [7, 11) is 0. The predicted molar refractivity (Wildman–Crippen MR) is 107 cm³/mol. The molecule has 0 amide bonds. The molecule has 0 fully saturated rings. The van der Waals surface area contributed by atoms with Crippen molar-refractivity contribution in [1.29, 1.82) is 0 Å². The van der Waals surface area contributed by atoms with Crippen molar-refractivity contribution in [3.8, 4) is 23.6 Å². The topological polar surface area (TPSA) is 37.8 Å². The fourth-order valence-corrected chi connectivity index (χ4v) is 2.76. The Hall–Kier alpha value is -3.38. The summed E-state index contributed by atoms with van der Waals surface area (Å²) in [5.41, 5.74) is 7.45. The monoisotopic (exact) mass is 325 g/mol. The van der Waals surface area contributed by atoms with Crippen molar-refractivity contribution in [1.82, 2.24) is 9.97 Å². The summed E-state index contributed by atoms with van der Waals surface area (Å²) in [5, 5.41) is 3.17. The normalized spacial score (nSPS) is 10.2. The number of terminal acetylenes is 1. The summed E-state index contributed by atoms with van der Waals surface area (Å²) in [4.78, 5) is 9.53. The molecule has 3 nitrogen and oxygen atoms in total. The lowest BCUT2D eigenvalue weighted by molar-refractivity contribution is 1.19. The van der Waals surface area contributed by atoms with Crippen LogP contribution in [0.2, 0.25) is 0 Å². The van der Waals surface area contributed by atoms with E-state index in [-0.39, 0.29) is 0 Å². The Bertz CT molecular complexity index is 1010. The summed E-state index contributed by atoms with van der Waals surface area (Å²) in [5.74, 6) is 2.57. The fourth-order valence-electron chi connectivity index (χ4n) is 2.76. The van der Waals surface area contributed by atoms with Crippen LogP contribution in [-0.4, -0.2) is 16.5 Å². The minimum Gasteiger partial charge on any atom is -0.374 e. The summed E-state index contributed by atoms with van der Waals surface area (Å²) < 4.78 is 0. The number of anilines is 1. The SMILES string of the molecule is C#CCNc1ccc2nc(C)c(-c3ccc(C=C)c(C=C)c3)nc2c1. The van der Waals surface area contributed by atoms with E-state index in [2.05, 4.69) is 30.5 Å². The Balaban J connectivity index is 2.12. The summed E-state index contributed by atoms with van der Waals surface area (Å²) in [6.45, 7) is 10.2. The van der Waals surface area contributed by atoms with Crippen molar-refractivity contribution in [3.05, 3.63) is 66.4 Å². The largest absolute Gasteiger partial charge is 0.374 e. The Kier molecular flexibility index (Phi) is 4.63. The number of nitrogens with zero attached hydrogens (tertiary/aromatic N) is 2. The minimum absolute atomic E-state index is 0.476. The Morgan fingerprint density at radius 3 is 2.56 bits per heavy atom.